The number of benzene rings is 1. The first-order valence-electron chi connectivity index (χ1n) is 5.84. The molecule has 1 rings (SSSR count). The Morgan fingerprint density at radius 1 is 1.16 bits per heavy atom. The van der Waals surface area contributed by atoms with Crippen LogP contribution >= 0.6 is 0 Å². The Morgan fingerprint density at radius 2 is 1.89 bits per heavy atom. The quantitative estimate of drug-likeness (QED) is 0.464. The molecule has 1 aromatic carbocycles. The van der Waals surface area contributed by atoms with Crippen molar-refractivity contribution < 1.29 is 29.1 Å². The van der Waals surface area contributed by atoms with Crippen LogP contribution in [0.2, 0.25) is 0 Å². The Labute approximate surface area is 111 Å². The lowest BCUT2D eigenvalue weighted by Crippen LogP contribution is -2.13. The van der Waals surface area contributed by atoms with Gasteiger partial charge in [-0.1, -0.05) is 19.1 Å². The summed E-state index contributed by atoms with van der Waals surface area (Å²) in [6.07, 6.45) is -0.409. The van der Waals surface area contributed by atoms with Gasteiger partial charge in [0.05, 0.1) is 17.2 Å². The Balaban J connectivity index is 2.43. The third kappa shape index (κ3) is 4.59. The molecule has 0 N–H and O–H groups in total. The van der Waals surface area contributed by atoms with E-state index in [9.17, 15) is 9.59 Å². The van der Waals surface area contributed by atoms with Gasteiger partial charge in [0.25, 0.3) is 0 Å². The molecule has 0 aliphatic carbocycles. The molecule has 0 aromatic heterocycles. The number of rotatable bonds is 5. The van der Waals surface area contributed by atoms with Crippen LogP contribution in [0, 0.1) is 13.8 Å². The molecular weight excluding hydrogens is 252 g/mol. The van der Waals surface area contributed by atoms with Crippen molar-refractivity contribution in [3.05, 3.63) is 34.9 Å². The third-order valence-electron chi connectivity index (χ3n) is 2.46. The second kappa shape index (κ2) is 7.38. The standard InChI is InChI=1S/C13H16O6/c1-4-8-16-13(15)18-19-17-12(14)11-7-5-6-9(2)10(11)3/h5-7H,4,8H2,1-3H3. The van der Waals surface area contributed by atoms with Crippen molar-refractivity contribution in [2.24, 2.45) is 0 Å². The third-order valence-corrected chi connectivity index (χ3v) is 2.46. The van der Waals surface area contributed by atoms with Crippen LogP contribution in [0.4, 0.5) is 4.79 Å². The van der Waals surface area contributed by atoms with Crippen LogP contribution < -0.4 is 0 Å². The van der Waals surface area contributed by atoms with Crippen LogP contribution in [0.15, 0.2) is 18.2 Å². The average Bonchev–Trinajstić information content (AvgIpc) is 2.39. The van der Waals surface area contributed by atoms with Gasteiger partial charge in [-0.15, -0.1) is 0 Å². The van der Waals surface area contributed by atoms with Crippen molar-refractivity contribution in [3.8, 4) is 0 Å². The molecule has 0 saturated carbocycles. The topological polar surface area (TPSA) is 71.1 Å². The zero-order valence-corrected chi connectivity index (χ0v) is 11.1. The Kier molecular flexibility index (Phi) is 5.81. The summed E-state index contributed by atoms with van der Waals surface area (Å²) in [7, 11) is 0. The lowest BCUT2D eigenvalue weighted by molar-refractivity contribution is -0.452. The summed E-state index contributed by atoms with van der Waals surface area (Å²) in [6.45, 7) is 5.68. The van der Waals surface area contributed by atoms with Gasteiger partial charge in [0.2, 0.25) is 0 Å². The van der Waals surface area contributed by atoms with Crippen molar-refractivity contribution in [3.63, 3.8) is 0 Å². The van der Waals surface area contributed by atoms with Gasteiger partial charge in [0.1, 0.15) is 0 Å². The summed E-state index contributed by atoms with van der Waals surface area (Å²) in [5.41, 5.74) is 2.05. The normalized spacial score (nSPS) is 9.84. The van der Waals surface area contributed by atoms with Gasteiger partial charge in [-0.3, -0.25) is 4.89 Å². The molecule has 0 amide bonds. The van der Waals surface area contributed by atoms with E-state index < -0.39 is 12.1 Å². The van der Waals surface area contributed by atoms with E-state index in [4.69, 9.17) is 0 Å². The van der Waals surface area contributed by atoms with Crippen LogP contribution in [0.5, 0.6) is 0 Å². The van der Waals surface area contributed by atoms with Crippen LogP contribution in [-0.2, 0) is 19.6 Å². The summed E-state index contributed by atoms with van der Waals surface area (Å²) >= 11 is 0. The Morgan fingerprint density at radius 3 is 2.58 bits per heavy atom. The van der Waals surface area contributed by atoms with Crippen LogP contribution in [0.25, 0.3) is 0 Å². The fourth-order valence-electron chi connectivity index (χ4n) is 1.30. The summed E-state index contributed by atoms with van der Waals surface area (Å²) in [5.74, 6) is -0.746. The maximum Gasteiger partial charge on any atom is 0.543 e. The lowest BCUT2D eigenvalue weighted by Gasteiger charge is -2.06. The van der Waals surface area contributed by atoms with E-state index in [1.54, 1.807) is 19.1 Å². The minimum absolute atomic E-state index is 0.202. The van der Waals surface area contributed by atoms with E-state index in [-0.39, 0.29) is 6.61 Å². The monoisotopic (exact) mass is 268 g/mol. The molecule has 104 valence electrons. The number of carbonyl (C=O) groups is 2. The molecule has 0 bridgehead atoms. The average molecular weight is 268 g/mol. The maximum absolute atomic E-state index is 11.6. The largest absolute Gasteiger partial charge is 0.543 e. The number of hydrogen-bond acceptors (Lipinski definition) is 6. The number of carbonyl (C=O) groups excluding carboxylic acids is 2. The minimum Gasteiger partial charge on any atom is -0.432 e. The highest BCUT2D eigenvalue weighted by Gasteiger charge is 2.14. The first-order chi connectivity index (χ1) is 9.06. The lowest BCUT2D eigenvalue weighted by atomic mass is 10.0. The molecule has 19 heavy (non-hydrogen) atoms. The first-order valence-corrected chi connectivity index (χ1v) is 5.84. The van der Waals surface area contributed by atoms with Crippen molar-refractivity contribution in [1.29, 1.82) is 0 Å². The summed E-state index contributed by atoms with van der Waals surface area (Å²) in [6, 6.07) is 5.17. The van der Waals surface area contributed by atoms with Gasteiger partial charge < -0.3 is 4.74 Å². The molecule has 0 saturated heterocycles. The molecule has 0 spiro atoms. The van der Waals surface area contributed by atoms with Crippen molar-refractivity contribution in [2.75, 3.05) is 6.61 Å². The molecule has 0 atom stereocenters. The molecule has 0 aliphatic rings. The minimum atomic E-state index is -1.06. The number of hydrogen-bond donors (Lipinski definition) is 0. The Hall–Kier alpha value is -2.08. The number of aryl methyl sites for hydroxylation is 1. The van der Waals surface area contributed by atoms with Gasteiger partial charge in [0.15, 0.2) is 0 Å². The summed E-state index contributed by atoms with van der Waals surface area (Å²) < 4.78 is 4.54. The summed E-state index contributed by atoms with van der Waals surface area (Å²) in [4.78, 5) is 31.0. The first kappa shape index (κ1) is 15.0. The van der Waals surface area contributed by atoms with E-state index in [2.05, 4.69) is 19.6 Å². The predicted molar refractivity (Wildman–Crippen MR) is 65.1 cm³/mol. The van der Waals surface area contributed by atoms with Gasteiger partial charge in [-0.05, 0) is 37.5 Å². The Bertz CT molecular complexity index is 454. The van der Waals surface area contributed by atoms with Crippen LogP contribution in [0.1, 0.15) is 34.8 Å². The smallest absolute Gasteiger partial charge is 0.432 e. The fraction of sp³-hybridized carbons (Fsp3) is 0.385. The van der Waals surface area contributed by atoms with Gasteiger partial charge in [-0.2, -0.15) is 0 Å². The van der Waals surface area contributed by atoms with Crippen molar-refractivity contribution >= 4 is 12.1 Å². The highest BCUT2D eigenvalue weighted by atomic mass is 17.5. The van der Waals surface area contributed by atoms with E-state index in [1.807, 2.05) is 19.9 Å². The molecule has 1 aromatic rings. The molecule has 6 nitrogen and oxygen atoms in total. The van der Waals surface area contributed by atoms with Crippen LogP contribution in [-0.4, -0.2) is 18.7 Å². The van der Waals surface area contributed by atoms with Crippen molar-refractivity contribution in [1.82, 2.24) is 0 Å². The second-order valence-electron chi connectivity index (χ2n) is 3.87. The molecule has 0 unspecified atom stereocenters. The second-order valence-corrected chi connectivity index (χ2v) is 3.87. The predicted octanol–water partition coefficient (Wildman–Crippen LogP) is 2.87. The maximum atomic E-state index is 11.6. The number of ether oxygens (including phenoxy) is 1. The van der Waals surface area contributed by atoms with Gasteiger partial charge >= 0.3 is 12.1 Å². The van der Waals surface area contributed by atoms with Gasteiger partial charge in [-0.25, -0.2) is 14.5 Å². The highest BCUT2D eigenvalue weighted by molar-refractivity contribution is 5.90. The van der Waals surface area contributed by atoms with E-state index >= 15 is 0 Å². The highest BCUT2D eigenvalue weighted by Crippen LogP contribution is 2.13. The molecule has 0 fully saturated rings. The molecule has 0 heterocycles. The van der Waals surface area contributed by atoms with Gasteiger partial charge in [0, 0.05) is 0 Å². The van der Waals surface area contributed by atoms with Crippen LogP contribution in [0.3, 0.4) is 0 Å². The SMILES string of the molecule is CCCOC(=O)OOOC(=O)c1cccc(C)c1C. The molecular formula is C13H16O6. The van der Waals surface area contributed by atoms with E-state index in [0.717, 1.165) is 11.1 Å². The molecule has 0 aliphatic heterocycles. The zero-order valence-electron chi connectivity index (χ0n) is 11.1. The fourth-order valence-corrected chi connectivity index (χ4v) is 1.30. The van der Waals surface area contributed by atoms with Crippen molar-refractivity contribution in [2.45, 2.75) is 27.2 Å². The van der Waals surface area contributed by atoms with E-state index in [1.165, 1.54) is 0 Å². The molecule has 6 heteroatoms. The zero-order chi connectivity index (χ0) is 14.3. The molecule has 0 radical (unpaired) electrons. The summed E-state index contributed by atoms with van der Waals surface area (Å²) in [5, 5.41) is 4.08. The van der Waals surface area contributed by atoms with E-state index in [0.29, 0.717) is 12.0 Å².